The van der Waals surface area contributed by atoms with Gasteiger partial charge in [0.15, 0.2) is 0 Å². The van der Waals surface area contributed by atoms with Gasteiger partial charge < -0.3 is 9.84 Å². The second kappa shape index (κ2) is 13.2. The van der Waals surface area contributed by atoms with Crippen LogP contribution in [0.5, 0.6) is 5.75 Å². The van der Waals surface area contributed by atoms with Crippen LogP contribution in [-0.4, -0.2) is 65.3 Å². The van der Waals surface area contributed by atoms with Gasteiger partial charge >= 0.3 is 0 Å². The van der Waals surface area contributed by atoms with Crippen LogP contribution in [0.2, 0.25) is 0 Å². The third-order valence-corrected chi connectivity index (χ3v) is 6.96. The van der Waals surface area contributed by atoms with Crippen molar-refractivity contribution in [1.29, 1.82) is 0 Å². The van der Waals surface area contributed by atoms with E-state index >= 15 is 0 Å². The summed E-state index contributed by atoms with van der Waals surface area (Å²) >= 11 is 0. The molecular formula is C33H35N3O2. The van der Waals surface area contributed by atoms with Crippen LogP contribution < -0.4 is 4.74 Å². The molecule has 4 aromatic rings. The first-order valence-corrected chi connectivity index (χ1v) is 13.3. The van der Waals surface area contributed by atoms with E-state index in [4.69, 9.17) is 4.74 Å². The molecule has 0 amide bonds. The number of pyridine rings is 1. The Kier molecular flexibility index (Phi) is 8.95. The number of para-hydroxylation sites is 1. The van der Waals surface area contributed by atoms with Crippen LogP contribution in [0.15, 0.2) is 109 Å². The highest BCUT2D eigenvalue weighted by atomic mass is 16.5. The Labute approximate surface area is 225 Å². The third-order valence-electron chi connectivity index (χ3n) is 6.96. The van der Waals surface area contributed by atoms with E-state index in [2.05, 4.69) is 75.4 Å². The lowest BCUT2D eigenvalue weighted by Gasteiger charge is -2.40. The Morgan fingerprint density at radius 1 is 0.763 bits per heavy atom. The van der Waals surface area contributed by atoms with Crippen molar-refractivity contribution >= 4 is 12.2 Å². The Balaban J connectivity index is 1.15. The molecule has 1 unspecified atom stereocenters. The number of benzene rings is 3. The van der Waals surface area contributed by atoms with E-state index < -0.39 is 6.10 Å². The van der Waals surface area contributed by atoms with Crippen LogP contribution >= 0.6 is 0 Å². The number of aliphatic hydroxyl groups is 1. The second-order valence-electron chi connectivity index (χ2n) is 9.68. The Bertz CT molecular complexity index is 1230. The van der Waals surface area contributed by atoms with E-state index in [0.29, 0.717) is 6.54 Å². The number of β-amino-alcohol motifs (C(OH)–C–C–N with tert-alkyl or cyclic N) is 1. The highest BCUT2D eigenvalue weighted by Gasteiger charge is 2.27. The zero-order valence-electron chi connectivity index (χ0n) is 21.6. The van der Waals surface area contributed by atoms with E-state index in [1.807, 2.05) is 54.7 Å². The minimum absolute atomic E-state index is 0.240. The monoisotopic (exact) mass is 505 g/mol. The maximum atomic E-state index is 10.8. The van der Waals surface area contributed by atoms with Gasteiger partial charge in [0.1, 0.15) is 18.5 Å². The summed E-state index contributed by atoms with van der Waals surface area (Å²) in [4.78, 5) is 9.05. The Hall–Kier alpha value is -3.77. The molecule has 5 heteroatoms. The van der Waals surface area contributed by atoms with Crippen molar-refractivity contribution in [2.24, 2.45) is 0 Å². The summed E-state index contributed by atoms with van der Waals surface area (Å²) in [5, 5.41) is 10.8. The lowest BCUT2D eigenvalue weighted by atomic mass is 9.96. The normalized spacial score (nSPS) is 15.6. The van der Waals surface area contributed by atoms with Crippen LogP contribution in [-0.2, 0) is 0 Å². The van der Waals surface area contributed by atoms with Crippen molar-refractivity contribution < 1.29 is 9.84 Å². The van der Waals surface area contributed by atoms with Gasteiger partial charge in [-0.3, -0.25) is 14.8 Å². The van der Waals surface area contributed by atoms with E-state index in [9.17, 15) is 5.11 Å². The Morgan fingerprint density at radius 2 is 1.42 bits per heavy atom. The van der Waals surface area contributed by atoms with E-state index in [-0.39, 0.29) is 12.6 Å². The fourth-order valence-corrected chi connectivity index (χ4v) is 5.04. The van der Waals surface area contributed by atoms with E-state index in [1.54, 1.807) is 6.20 Å². The van der Waals surface area contributed by atoms with Gasteiger partial charge in [0.2, 0.25) is 0 Å². The molecule has 1 fully saturated rings. The summed E-state index contributed by atoms with van der Waals surface area (Å²) in [5.41, 5.74) is 4.64. The highest BCUT2D eigenvalue weighted by Crippen LogP contribution is 2.29. The molecule has 3 aromatic carbocycles. The standard InChI is InChI=1S/C33H35N3O2/c37-31(26-38-32-16-8-7-11-28(32)18-17-27-10-9-19-34-24-27)25-35-20-22-36(23-21-35)33(29-12-3-1-4-13-29)30-14-5-2-6-15-30/h1-19,24,31,33,37H,20-23,25-26H2/b18-17+. The number of hydrogen-bond acceptors (Lipinski definition) is 5. The Morgan fingerprint density at radius 3 is 2.08 bits per heavy atom. The molecule has 1 atom stereocenters. The molecule has 0 spiro atoms. The van der Waals surface area contributed by atoms with Gasteiger partial charge in [-0.1, -0.05) is 97.1 Å². The molecule has 1 saturated heterocycles. The highest BCUT2D eigenvalue weighted by molar-refractivity contribution is 5.72. The number of aromatic nitrogens is 1. The minimum Gasteiger partial charge on any atom is -0.490 e. The third kappa shape index (κ3) is 6.95. The summed E-state index contributed by atoms with van der Waals surface area (Å²) in [6, 6.07) is 33.6. The van der Waals surface area contributed by atoms with E-state index in [1.165, 1.54) is 11.1 Å². The van der Waals surface area contributed by atoms with Crippen molar-refractivity contribution in [3.8, 4) is 5.75 Å². The van der Waals surface area contributed by atoms with Crippen molar-refractivity contribution in [2.75, 3.05) is 39.3 Å². The van der Waals surface area contributed by atoms with Gasteiger partial charge in [-0.25, -0.2) is 0 Å². The van der Waals surface area contributed by atoms with Crippen LogP contribution in [0, 0.1) is 0 Å². The summed E-state index contributed by atoms with van der Waals surface area (Å²) in [5.74, 6) is 0.769. The topological polar surface area (TPSA) is 48.8 Å². The van der Waals surface area contributed by atoms with Gasteiger partial charge in [-0.05, 0) is 28.8 Å². The average Bonchev–Trinajstić information content (AvgIpc) is 2.98. The first-order valence-electron chi connectivity index (χ1n) is 13.3. The molecule has 0 radical (unpaired) electrons. The molecule has 2 heterocycles. The van der Waals surface area contributed by atoms with Crippen LogP contribution in [0.3, 0.4) is 0 Å². The largest absolute Gasteiger partial charge is 0.490 e. The van der Waals surface area contributed by atoms with Crippen molar-refractivity contribution in [2.45, 2.75) is 12.1 Å². The van der Waals surface area contributed by atoms with Crippen molar-refractivity contribution in [3.05, 3.63) is 132 Å². The fraction of sp³-hybridized carbons (Fsp3) is 0.242. The molecule has 38 heavy (non-hydrogen) atoms. The van der Waals surface area contributed by atoms with Gasteiger partial charge in [-0.2, -0.15) is 0 Å². The summed E-state index contributed by atoms with van der Waals surface area (Å²) < 4.78 is 6.05. The number of piperazine rings is 1. The summed E-state index contributed by atoms with van der Waals surface area (Å²) in [7, 11) is 0. The van der Waals surface area contributed by atoms with Gasteiger partial charge in [0.05, 0.1) is 6.04 Å². The molecular weight excluding hydrogens is 470 g/mol. The molecule has 194 valence electrons. The maximum absolute atomic E-state index is 10.8. The minimum atomic E-state index is -0.559. The average molecular weight is 506 g/mol. The molecule has 5 nitrogen and oxygen atoms in total. The zero-order chi connectivity index (χ0) is 26.0. The van der Waals surface area contributed by atoms with Crippen molar-refractivity contribution in [3.63, 3.8) is 0 Å². The number of rotatable bonds is 10. The second-order valence-corrected chi connectivity index (χ2v) is 9.68. The fourth-order valence-electron chi connectivity index (χ4n) is 5.04. The number of nitrogens with zero attached hydrogens (tertiary/aromatic N) is 3. The maximum Gasteiger partial charge on any atom is 0.126 e. The number of hydrogen-bond donors (Lipinski definition) is 1. The quantitative estimate of drug-likeness (QED) is 0.313. The SMILES string of the molecule is OC(COc1ccccc1/C=C/c1cccnc1)CN1CCN(C(c2ccccc2)c2ccccc2)CC1. The van der Waals surface area contributed by atoms with Crippen LogP contribution in [0.25, 0.3) is 12.2 Å². The zero-order valence-corrected chi connectivity index (χ0v) is 21.6. The molecule has 1 aliphatic rings. The smallest absolute Gasteiger partial charge is 0.126 e. The molecule has 0 saturated carbocycles. The van der Waals surface area contributed by atoms with Gasteiger partial charge in [0.25, 0.3) is 0 Å². The molecule has 5 rings (SSSR count). The van der Waals surface area contributed by atoms with E-state index in [0.717, 1.165) is 43.1 Å². The first-order chi connectivity index (χ1) is 18.8. The molecule has 1 aliphatic heterocycles. The summed E-state index contributed by atoms with van der Waals surface area (Å²) in [6.07, 6.45) is 7.07. The van der Waals surface area contributed by atoms with Gasteiger partial charge in [-0.15, -0.1) is 0 Å². The predicted octanol–water partition coefficient (Wildman–Crippen LogP) is 5.40. The predicted molar refractivity (Wildman–Crippen MR) is 154 cm³/mol. The van der Waals surface area contributed by atoms with Crippen molar-refractivity contribution in [1.82, 2.24) is 14.8 Å². The first kappa shape index (κ1) is 25.9. The number of ether oxygens (including phenoxy) is 1. The lowest BCUT2D eigenvalue weighted by Crippen LogP contribution is -2.50. The lowest BCUT2D eigenvalue weighted by molar-refractivity contribution is 0.0400. The number of aliphatic hydroxyl groups excluding tert-OH is 1. The molecule has 0 aliphatic carbocycles. The van der Waals surface area contributed by atoms with Crippen LogP contribution in [0.4, 0.5) is 0 Å². The molecule has 1 N–H and O–H groups in total. The molecule has 1 aromatic heterocycles. The van der Waals surface area contributed by atoms with Gasteiger partial charge in [0, 0.05) is 50.7 Å². The molecule has 0 bridgehead atoms. The van der Waals surface area contributed by atoms with Crippen LogP contribution in [0.1, 0.15) is 28.3 Å². The summed E-state index contributed by atoms with van der Waals surface area (Å²) in [6.45, 7) is 4.58.